The summed E-state index contributed by atoms with van der Waals surface area (Å²) in [5.74, 6) is -0.826. The smallest absolute Gasteiger partial charge is 0.314 e. The number of carboxylic acids is 1. The minimum absolute atomic E-state index is 0.0944. The second-order valence-electron chi connectivity index (χ2n) is 7.19. The third kappa shape index (κ3) is 3.34. The molecule has 1 fully saturated rings. The van der Waals surface area contributed by atoms with Crippen LogP contribution in [0.2, 0.25) is 0 Å². The van der Waals surface area contributed by atoms with Crippen LogP contribution in [0, 0.1) is 0 Å². The van der Waals surface area contributed by atoms with Crippen LogP contribution >= 0.6 is 0 Å². The van der Waals surface area contributed by atoms with E-state index in [1.54, 1.807) is 26.5 Å². The van der Waals surface area contributed by atoms with E-state index in [9.17, 15) is 14.7 Å². The molecule has 1 N–H and O–H groups in total. The van der Waals surface area contributed by atoms with E-state index in [4.69, 9.17) is 0 Å². The van der Waals surface area contributed by atoms with Crippen molar-refractivity contribution in [2.24, 2.45) is 0 Å². The molecule has 1 amide bonds. The average molecular weight is 352 g/mol. The molecule has 1 aliphatic carbocycles. The van der Waals surface area contributed by atoms with E-state index in [0.717, 1.165) is 36.0 Å². The van der Waals surface area contributed by atoms with Crippen LogP contribution in [0.5, 0.6) is 0 Å². The maximum atomic E-state index is 12.1. The summed E-state index contributed by atoms with van der Waals surface area (Å²) in [4.78, 5) is 29.8. The fourth-order valence-electron chi connectivity index (χ4n) is 3.74. The van der Waals surface area contributed by atoms with Crippen molar-refractivity contribution in [3.63, 3.8) is 0 Å². The van der Waals surface area contributed by atoms with Crippen LogP contribution in [0.1, 0.15) is 48.0 Å². The molecule has 0 atom stereocenters. The van der Waals surface area contributed by atoms with Gasteiger partial charge in [0.2, 0.25) is 0 Å². The Kier molecular flexibility index (Phi) is 5.07. The normalized spacial score (nSPS) is 16.1. The van der Waals surface area contributed by atoms with Crippen molar-refractivity contribution in [3.05, 3.63) is 53.9 Å². The molecule has 2 aromatic rings. The molecular weight excluding hydrogens is 328 g/mol. The highest BCUT2D eigenvalue weighted by Crippen LogP contribution is 2.40. The van der Waals surface area contributed by atoms with Crippen LogP contribution in [-0.4, -0.2) is 41.0 Å². The zero-order valence-corrected chi connectivity index (χ0v) is 15.2. The summed E-state index contributed by atoms with van der Waals surface area (Å²) in [6, 6.07) is 9.49. The van der Waals surface area contributed by atoms with Gasteiger partial charge in [0.25, 0.3) is 5.91 Å². The topological polar surface area (TPSA) is 70.5 Å². The molecule has 26 heavy (non-hydrogen) atoms. The van der Waals surface area contributed by atoms with Crippen molar-refractivity contribution >= 4 is 11.9 Å². The minimum atomic E-state index is -0.766. The van der Waals surface area contributed by atoms with Crippen molar-refractivity contribution in [1.29, 1.82) is 0 Å². The number of carboxylic acid groups (broad SMARTS) is 1. The zero-order chi connectivity index (χ0) is 18.7. The molecule has 5 heteroatoms. The molecule has 0 saturated heterocycles. The van der Waals surface area contributed by atoms with Crippen molar-refractivity contribution in [2.45, 2.75) is 37.5 Å². The molecular formula is C21H24N2O3. The Morgan fingerprint density at radius 1 is 1.00 bits per heavy atom. The first kappa shape index (κ1) is 18.1. The summed E-state index contributed by atoms with van der Waals surface area (Å²) in [5, 5.41) is 9.83. The van der Waals surface area contributed by atoms with E-state index in [-0.39, 0.29) is 5.91 Å². The Hall–Kier alpha value is -2.69. The first-order chi connectivity index (χ1) is 12.4. The van der Waals surface area contributed by atoms with E-state index in [2.05, 4.69) is 4.98 Å². The van der Waals surface area contributed by atoms with Gasteiger partial charge in [-0.25, -0.2) is 0 Å². The maximum absolute atomic E-state index is 12.1. The first-order valence-corrected chi connectivity index (χ1v) is 8.95. The van der Waals surface area contributed by atoms with Crippen molar-refractivity contribution in [3.8, 4) is 11.1 Å². The molecule has 5 nitrogen and oxygen atoms in total. The van der Waals surface area contributed by atoms with E-state index >= 15 is 0 Å². The molecule has 1 saturated carbocycles. The number of amides is 1. The number of carbonyl (C=O) groups excluding carboxylic acids is 1. The van der Waals surface area contributed by atoms with E-state index in [1.807, 2.05) is 30.3 Å². The standard InChI is InChI=1S/C21H24N2O3/c1-23(2)19(24)17-12-16(13-22-14-17)15-6-8-18(9-7-15)21(20(25)26)10-4-3-5-11-21/h6-9,12-14H,3-5,10-11H2,1-2H3,(H,25,26). The summed E-state index contributed by atoms with van der Waals surface area (Å²) in [7, 11) is 3.42. The van der Waals surface area contributed by atoms with Gasteiger partial charge in [0.15, 0.2) is 0 Å². The summed E-state index contributed by atoms with van der Waals surface area (Å²) in [5.41, 5.74) is 2.40. The van der Waals surface area contributed by atoms with Crippen LogP contribution in [0.25, 0.3) is 11.1 Å². The fraction of sp³-hybridized carbons (Fsp3) is 0.381. The molecule has 0 bridgehead atoms. The molecule has 1 heterocycles. The number of nitrogens with zero attached hydrogens (tertiary/aromatic N) is 2. The Morgan fingerprint density at radius 2 is 1.65 bits per heavy atom. The quantitative estimate of drug-likeness (QED) is 0.910. The zero-order valence-electron chi connectivity index (χ0n) is 15.2. The Labute approximate surface area is 153 Å². The van der Waals surface area contributed by atoms with Crippen LogP contribution in [0.4, 0.5) is 0 Å². The molecule has 136 valence electrons. The predicted octanol–water partition coefficient (Wildman–Crippen LogP) is 3.74. The van der Waals surface area contributed by atoms with Crippen molar-refractivity contribution in [2.75, 3.05) is 14.1 Å². The number of hydrogen-bond acceptors (Lipinski definition) is 3. The highest BCUT2D eigenvalue weighted by Gasteiger charge is 2.41. The summed E-state index contributed by atoms with van der Waals surface area (Å²) >= 11 is 0. The third-order valence-electron chi connectivity index (χ3n) is 5.28. The number of aromatic nitrogens is 1. The number of hydrogen-bond donors (Lipinski definition) is 1. The molecule has 3 rings (SSSR count). The Morgan fingerprint density at radius 3 is 2.23 bits per heavy atom. The van der Waals surface area contributed by atoms with Gasteiger partial charge in [0.05, 0.1) is 11.0 Å². The lowest BCUT2D eigenvalue weighted by molar-refractivity contribution is -0.145. The van der Waals surface area contributed by atoms with Gasteiger partial charge < -0.3 is 10.0 Å². The highest BCUT2D eigenvalue weighted by atomic mass is 16.4. The Bertz CT molecular complexity index is 806. The van der Waals surface area contributed by atoms with Crippen LogP contribution in [-0.2, 0) is 10.2 Å². The highest BCUT2D eigenvalue weighted by molar-refractivity contribution is 5.94. The van der Waals surface area contributed by atoms with Gasteiger partial charge in [-0.3, -0.25) is 14.6 Å². The Balaban J connectivity index is 1.91. The first-order valence-electron chi connectivity index (χ1n) is 8.95. The second kappa shape index (κ2) is 7.28. The summed E-state index contributed by atoms with van der Waals surface area (Å²) < 4.78 is 0. The summed E-state index contributed by atoms with van der Waals surface area (Å²) in [6.07, 6.45) is 7.66. The van der Waals surface area contributed by atoms with Gasteiger partial charge in [-0.15, -0.1) is 0 Å². The van der Waals surface area contributed by atoms with Gasteiger partial charge in [-0.2, -0.15) is 0 Å². The van der Waals surface area contributed by atoms with Gasteiger partial charge in [-0.1, -0.05) is 43.5 Å². The van der Waals surface area contributed by atoms with E-state index in [1.165, 1.54) is 4.90 Å². The molecule has 1 aliphatic rings. The minimum Gasteiger partial charge on any atom is -0.481 e. The van der Waals surface area contributed by atoms with Crippen molar-refractivity contribution < 1.29 is 14.7 Å². The lowest BCUT2D eigenvalue weighted by Gasteiger charge is -2.33. The number of rotatable bonds is 4. The van der Waals surface area contributed by atoms with Gasteiger partial charge in [0.1, 0.15) is 0 Å². The number of benzene rings is 1. The molecule has 1 aromatic carbocycles. The predicted molar refractivity (Wildman–Crippen MR) is 100 cm³/mol. The van der Waals surface area contributed by atoms with Crippen LogP contribution < -0.4 is 0 Å². The van der Waals surface area contributed by atoms with Crippen LogP contribution in [0.15, 0.2) is 42.7 Å². The molecule has 0 aliphatic heterocycles. The largest absolute Gasteiger partial charge is 0.481 e. The summed E-state index contributed by atoms with van der Waals surface area (Å²) in [6.45, 7) is 0. The third-order valence-corrected chi connectivity index (χ3v) is 5.28. The lowest BCUT2D eigenvalue weighted by Crippen LogP contribution is -2.37. The molecule has 0 radical (unpaired) electrons. The second-order valence-corrected chi connectivity index (χ2v) is 7.19. The lowest BCUT2D eigenvalue weighted by atomic mass is 9.69. The molecule has 0 spiro atoms. The van der Waals surface area contributed by atoms with E-state index in [0.29, 0.717) is 18.4 Å². The number of carbonyl (C=O) groups is 2. The van der Waals surface area contributed by atoms with E-state index < -0.39 is 11.4 Å². The van der Waals surface area contributed by atoms with Crippen LogP contribution in [0.3, 0.4) is 0 Å². The SMILES string of the molecule is CN(C)C(=O)c1cncc(-c2ccc(C3(C(=O)O)CCCCC3)cc2)c1. The van der Waals surface area contributed by atoms with Gasteiger partial charge >= 0.3 is 5.97 Å². The monoisotopic (exact) mass is 352 g/mol. The number of pyridine rings is 1. The van der Waals surface area contributed by atoms with Crippen molar-refractivity contribution in [1.82, 2.24) is 9.88 Å². The number of aliphatic carboxylic acids is 1. The van der Waals surface area contributed by atoms with Gasteiger partial charge in [-0.05, 0) is 30.0 Å². The maximum Gasteiger partial charge on any atom is 0.314 e. The molecule has 0 unspecified atom stereocenters. The average Bonchev–Trinajstić information content (AvgIpc) is 2.68. The molecule has 1 aromatic heterocycles. The van der Waals surface area contributed by atoms with Gasteiger partial charge in [0, 0.05) is 32.1 Å². The fourth-order valence-corrected chi connectivity index (χ4v) is 3.74.